The highest BCUT2D eigenvalue weighted by atomic mass is 79.9. The minimum Gasteiger partial charge on any atom is -0.340 e. The first-order valence-electron chi connectivity index (χ1n) is 8.54. The smallest absolute Gasteiger partial charge is 0.261 e. The van der Waals surface area contributed by atoms with E-state index >= 15 is 0 Å². The van der Waals surface area contributed by atoms with E-state index in [1.54, 1.807) is 12.4 Å². The van der Waals surface area contributed by atoms with Crippen LogP contribution >= 0.6 is 15.9 Å². The number of hydrogen-bond donors (Lipinski definition) is 0. The van der Waals surface area contributed by atoms with E-state index in [9.17, 15) is 9.59 Å². The monoisotopic (exact) mass is 391 g/mol. The van der Waals surface area contributed by atoms with Crippen molar-refractivity contribution in [2.45, 2.75) is 51.6 Å². The molecule has 0 bridgehead atoms. The van der Waals surface area contributed by atoms with Gasteiger partial charge in [-0.1, -0.05) is 22.9 Å². The lowest BCUT2D eigenvalue weighted by Crippen LogP contribution is -2.43. The van der Waals surface area contributed by atoms with Crippen LogP contribution in [-0.2, 0) is 11.3 Å². The molecular weight excluding hydrogens is 370 g/mol. The molecule has 128 valence electrons. The number of carbonyl (C=O) groups excluding carboxylic acids is 1. The second kappa shape index (κ2) is 7.47. The van der Waals surface area contributed by atoms with Crippen LogP contribution in [0.3, 0.4) is 0 Å². The fraction of sp³-hybridized carbons (Fsp3) is 0.500. The molecule has 3 rings (SSSR count). The Bertz CT molecular complexity index is 802. The molecule has 1 aliphatic rings. The van der Waals surface area contributed by atoms with Gasteiger partial charge in [0.05, 0.1) is 17.2 Å². The Morgan fingerprint density at radius 1 is 1.38 bits per heavy atom. The van der Waals surface area contributed by atoms with E-state index in [-0.39, 0.29) is 11.5 Å². The van der Waals surface area contributed by atoms with Crippen molar-refractivity contribution in [3.63, 3.8) is 0 Å². The van der Waals surface area contributed by atoms with E-state index in [4.69, 9.17) is 0 Å². The van der Waals surface area contributed by atoms with Crippen LogP contribution in [0.4, 0.5) is 0 Å². The highest BCUT2D eigenvalue weighted by Gasteiger charge is 2.24. The average Bonchev–Trinajstić information content (AvgIpc) is 2.61. The van der Waals surface area contributed by atoms with Gasteiger partial charge in [-0.05, 0) is 43.9 Å². The summed E-state index contributed by atoms with van der Waals surface area (Å²) in [4.78, 5) is 31.4. The van der Waals surface area contributed by atoms with Crippen molar-refractivity contribution in [2.24, 2.45) is 0 Å². The van der Waals surface area contributed by atoms with Crippen molar-refractivity contribution < 1.29 is 4.79 Å². The van der Waals surface area contributed by atoms with Crippen LogP contribution in [0.25, 0.3) is 10.9 Å². The zero-order valence-corrected chi connectivity index (χ0v) is 15.5. The zero-order chi connectivity index (χ0) is 17.1. The van der Waals surface area contributed by atoms with Gasteiger partial charge >= 0.3 is 0 Å². The van der Waals surface area contributed by atoms with Crippen LogP contribution in [0.1, 0.15) is 39.0 Å². The number of rotatable bonds is 4. The third-order valence-corrected chi connectivity index (χ3v) is 5.26. The van der Waals surface area contributed by atoms with Gasteiger partial charge in [-0.3, -0.25) is 14.2 Å². The van der Waals surface area contributed by atoms with Crippen LogP contribution in [0.15, 0.2) is 33.8 Å². The summed E-state index contributed by atoms with van der Waals surface area (Å²) < 4.78 is 2.39. The maximum Gasteiger partial charge on any atom is 0.261 e. The molecule has 1 aromatic heterocycles. The quantitative estimate of drug-likeness (QED) is 0.802. The number of halogens is 1. The maximum absolute atomic E-state index is 12.6. The number of fused-ring (bicyclic) bond motifs is 1. The SMILES string of the molecule is CCC1CCCCN1C(=O)CCn1cnc2ccc(Br)cc2c1=O. The number of aryl methyl sites for hydroxylation is 1. The van der Waals surface area contributed by atoms with E-state index < -0.39 is 0 Å². The molecule has 1 aromatic carbocycles. The molecule has 1 fully saturated rings. The van der Waals surface area contributed by atoms with Crippen molar-refractivity contribution in [1.82, 2.24) is 14.5 Å². The normalized spacial score (nSPS) is 18.1. The van der Waals surface area contributed by atoms with Gasteiger partial charge in [-0.15, -0.1) is 0 Å². The summed E-state index contributed by atoms with van der Waals surface area (Å²) in [6.45, 7) is 3.35. The molecule has 0 aliphatic carbocycles. The topological polar surface area (TPSA) is 55.2 Å². The van der Waals surface area contributed by atoms with Crippen LogP contribution in [-0.4, -0.2) is 32.9 Å². The maximum atomic E-state index is 12.6. The number of hydrogen-bond acceptors (Lipinski definition) is 3. The van der Waals surface area contributed by atoms with Gasteiger partial charge in [0.2, 0.25) is 5.91 Å². The van der Waals surface area contributed by atoms with Crippen molar-refractivity contribution in [2.75, 3.05) is 6.54 Å². The van der Waals surface area contributed by atoms with Crippen molar-refractivity contribution in [3.05, 3.63) is 39.4 Å². The lowest BCUT2D eigenvalue weighted by atomic mass is 9.99. The molecule has 1 saturated heterocycles. The lowest BCUT2D eigenvalue weighted by molar-refractivity contribution is -0.135. The summed E-state index contributed by atoms with van der Waals surface area (Å²) in [5.74, 6) is 0.141. The number of likely N-dealkylation sites (tertiary alicyclic amines) is 1. The van der Waals surface area contributed by atoms with E-state index in [2.05, 4.69) is 27.8 Å². The van der Waals surface area contributed by atoms with Crippen molar-refractivity contribution in [3.8, 4) is 0 Å². The third kappa shape index (κ3) is 3.53. The Balaban J connectivity index is 1.74. The van der Waals surface area contributed by atoms with Gasteiger partial charge in [-0.2, -0.15) is 0 Å². The van der Waals surface area contributed by atoms with Crippen LogP contribution in [0, 0.1) is 0 Å². The van der Waals surface area contributed by atoms with E-state index in [0.29, 0.717) is 29.9 Å². The van der Waals surface area contributed by atoms with Crippen LogP contribution in [0.5, 0.6) is 0 Å². The molecule has 2 heterocycles. The molecule has 0 radical (unpaired) electrons. The number of aromatic nitrogens is 2. The molecule has 1 unspecified atom stereocenters. The summed E-state index contributed by atoms with van der Waals surface area (Å²) in [6, 6.07) is 5.81. The van der Waals surface area contributed by atoms with Gasteiger partial charge in [0, 0.05) is 30.0 Å². The Hall–Kier alpha value is -1.69. The predicted octanol–water partition coefficient (Wildman–Crippen LogP) is 3.34. The van der Waals surface area contributed by atoms with E-state index in [1.807, 2.05) is 17.0 Å². The molecule has 2 aromatic rings. The highest BCUT2D eigenvalue weighted by molar-refractivity contribution is 9.10. The average molecular weight is 392 g/mol. The lowest BCUT2D eigenvalue weighted by Gasteiger charge is -2.35. The minimum absolute atomic E-state index is 0.0974. The largest absolute Gasteiger partial charge is 0.340 e. The number of benzene rings is 1. The Labute approximate surface area is 149 Å². The molecule has 1 aliphatic heterocycles. The first kappa shape index (κ1) is 17.1. The Morgan fingerprint density at radius 3 is 3.00 bits per heavy atom. The minimum atomic E-state index is -0.0974. The fourth-order valence-electron chi connectivity index (χ4n) is 3.40. The van der Waals surface area contributed by atoms with Gasteiger partial charge in [0.1, 0.15) is 0 Å². The molecule has 1 atom stereocenters. The fourth-order valence-corrected chi connectivity index (χ4v) is 3.76. The Kier molecular flexibility index (Phi) is 5.33. The highest BCUT2D eigenvalue weighted by Crippen LogP contribution is 2.20. The van der Waals surface area contributed by atoms with Gasteiger partial charge in [0.25, 0.3) is 5.56 Å². The summed E-state index contributed by atoms with van der Waals surface area (Å²) in [7, 11) is 0. The second-order valence-corrected chi connectivity index (χ2v) is 7.22. The third-order valence-electron chi connectivity index (χ3n) is 4.77. The zero-order valence-electron chi connectivity index (χ0n) is 13.9. The first-order chi connectivity index (χ1) is 11.6. The summed E-state index contributed by atoms with van der Waals surface area (Å²) in [5, 5.41) is 0.573. The van der Waals surface area contributed by atoms with Gasteiger partial charge in [0.15, 0.2) is 0 Å². The summed E-state index contributed by atoms with van der Waals surface area (Å²) >= 11 is 3.38. The standard InChI is InChI=1S/C18H22BrN3O2/c1-2-14-5-3-4-9-22(14)17(23)8-10-21-12-20-16-7-6-13(19)11-15(16)18(21)24/h6-7,11-12,14H,2-5,8-10H2,1H3. The molecule has 6 heteroatoms. The van der Waals surface area contributed by atoms with Crippen LogP contribution < -0.4 is 5.56 Å². The molecule has 5 nitrogen and oxygen atoms in total. The molecule has 0 saturated carbocycles. The molecule has 0 spiro atoms. The molecule has 0 N–H and O–H groups in total. The molecular formula is C18H22BrN3O2. The van der Waals surface area contributed by atoms with E-state index in [1.165, 1.54) is 11.0 Å². The first-order valence-corrected chi connectivity index (χ1v) is 9.33. The molecule has 1 amide bonds. The van der Waals surface area contributed by atoms with Crippen molar-refractivity contribution >= 4 is 32.7 Å². The summed E-state index contributed by atoms with van der Waals surface area (Å²) in [6.07, 6.45) is 6.25. The van der Waals surface area contributed by atoms with Crippen molar-refractivity contribution in [1.29, 1.82) is 0 Å². The molecule has 24 heavy (non-hydrogen) atoms. The predicted molar refractivity (Wildman–Crippen MR) is 98.0 cm³/mol. The van der Waals surface area contributed by atoms with E-state index in [0.717, 1.165) is 30.3 Å². The summed E-state index contributed by atoms with van der Waals surface area (Å²) in [5.41, 5.74) is 0.577. The number of piperidine rings is 1. The van der Waals surface area contributed by atoms with Gasteiger partial charge < -0.3 is 4.90 Å². The van der Waals surface area contributed by atoms with Gasteiger partial charge in [-0.25, -0.2) is 4.98 Å². The van der Waals surface area contributed by atoms with Crippen LogP contribution in [0.2, 0.25) is 0 Å². The second-order valence-electron chi connectivity index (χ2n) is 6.30. The number of nitrogens with zero attached hydrogens (tertiary/aromatic N) is 3. The number of carbonyl (C=O) groups is 1. The Morgan fingerprint density at radius 2 is 2.21 bits per heavy atom. The number of amides is 1.